The molecule has 0 spiro atoms. The molecule has 0 bridgehead atoms. The largest absolute Gasteiger partial charge is 0.480 e. The Balaban J connectivity index is 2.16. The molecule has 1 aromatic carbocycles. The molecule has 1 aliphatic heterocycles. The van der Waals surface area contributed by atoms with Crippen molar-refractivity contribution in [2.24, 2.45) is 28.1 Å². The second kappa shape index (κ2) is 14.9. The minimum absolute atomic E-state index is 0.0386. The monoisotopic (exact) mass is 531 g/mol. The van der Waals surface area contributed by atoms with E-state index in [1.165, 1.54) is 4.90 Å². The average molecular weight is 532 g/mol. The van der Waals surface area contributed by atoms with Gasteiger partial charge in [0.2, 0.25) is 17.7 Å². The van der Waals surface area contributed by atoms with Crippen LogP contribution in [0.5, 0.6) is 0 Å². The number of hydrogen-bond donors (Lipinski definition) is 6. The van der Waals surface area contributed by atoms with Crippen molar-refractivity contribution in [2.45, 2.75) is 76.5 Å². The van der Waals surface area contributed by atoms with Crippen molar-refractivity contribution in [3.8, 4) is 0 Å². The average Bonchev–Trinajstić information content (AvgIpc) is 3.39. The summed E-state index contributed by atoms with van der Waals surface area (Å²) in [6.45, 7) is 4.47. The van der Waals surface area contributed by atoms with E-state index in [1.54, 1.807) is 0 Å². The van der Waals surface area contributed by atoms with E-state index in [1.807, 2.05) is 44.2 Å². The number of aliphatic imine (C=N–C) groups is 1. The van der Waals surface area contributed by atoms with Crippen LogP contribution in [0.2, 0.25) is 0 Å². The highest BCUT2D eigenvalue weighted by Crippen LogP contribution is 2.21. The molecule has 0 saturated carbocycles. The van der Waals surface area contributed by atoms with Gasteiger partial charge in [-0.1, -0.05) is 50.6 Å². The molecule has 1 fully saturated rings. The minimum atomic E-state index is -1.21. The lowest BCUT2D eigenvalue weighted by Gasteiger charge is -2.30. The quantitative estimate of drug-likeness (QED) is 0.106. The van der Waals surface area contributed by atoms with E-state index in [9.17, 15) is 24.3 Å². The van der Waals surface area contributed by atoms with Crippen LogP contribution in [-0.2, 0) is 25.6 Å². The van der Waals surface area contributed by atoms with Crippen molar-refractivity contribution in [1.29, 1.82) is 0 Å². The zero-order chi connectivity index (χ0) is 28.2. The van der Waals surface area contributed by atoms with Crippen LogP contribution in [0.15, 0.2) is 35.3 Å². The predicted octanol–water partition coefficient (Wildman–Crippen LogP) is -0.299. The van der Waals surface area contributed by atoms with E-state index in [4.69, 9.17) is 17.2 Å². The highest BCUT2D eigenvalue weighted by atomic mass is 16.4. The van der Waals surface area contributed by atoms with Gasteiger partial charge in [0.25, 0.3) is 0 Å². The van der Waals surface area contributed by atoms with E-state index in [0.717, 1.165) is 12.0 Å². The van der Waals surface area contributed by atoms with Crippen LogP contribution in [0.1, 0.15) is 51.5 Å². The van der Waals surface area contributed by atoms with Gasteiger partial charge in [0, 0.05) is 19.5 Å². The number of benzene rings is 1. The maximum absolute atomic E-state index is 13.3. The van der Waals surface area contributed by atoms with Crippen LogP contribution in [0.4, 0.5) is 0 Å². The van der Waals surface area contributed by atoms with Gasteiger partial charge in [0.15, 0.2) is 5.96 Å². The third-order valence-corrected chi connectivity index (χ3v) is 6.86. The molecule has 9 N–H and O–H groups in total. The molecule has 2 rings (SSSR count). The van der Waals surface area contributed by atoms with Crippen molar-refractivity contribution >= 4 is 29.7 Å². The molecule has 1 aliphatic rings. The molecule has 0 radical (unpaired) electrons. The van der Waals surface area contributed by atoms with E-state index < -0.39 is 42.0 Å². The number of aliphatic carboxylic acids is 1. The van der Waals surface area contributed by atoms with E-state index in [0.29, 0.717) is 25.8 Å². The molecule has 0 aliphatic carbocycles. The summed E-state index contributed by atoms with van der Waals surface area (Å²) < 4.78 is 0. The van der Waals surface area contributed by atoms with Crippen LogP contribution in [0.3, 0.4) is 0 Å². The summed E-state index contributed by atoms with van der Waals surface area (Å²) in [6, 6.07) is 5.37. The third-order valence-electron chi connectivity index (χ3n) is 6.86. The van der Waals surface area contributed by atoms with Gasteiger partial charge in [0.05, 0.1) is 6.04 Å². The Morgan fingerprint density at radius 2 is 1.82 bits per heavy atom. The number of carboxylic acids is 1. The van der Waals surface area contributed by atoms with Crippen molar-refractivity contribution in [2.75, 3.05) is 13.1 Å². The molecule has 38 heavy (non-hydrogen) atoms. The topological polar surface area (TPSA) is 206 Å². The summed E-state index contributed by atoms with van der Waals surface area (Å²) in [6.07, 6.45) is 2.40. The molecule has 210 valence electrons. The van der Waals surface area contributed by atoms with Crippen LogP contribution in [-0.4, -0.2) is 76.9 Å². The predicted molar refractivity (Wildman–Crippen MR) is 144 cm³/mol. The molecule has 3 amide bonds. The van der Waals surface area contributed by atoms with Crippen LogP contribution in [0, 0.1) is 5.92 Å². The normalized spacial score (nSPS) is 18.1. The number of amides is 3. The number of hydrogen-bond acceptors (Lipinski definition) is 6. The molecule has 5 unspecified atom stereocenters. The number of carboxylic acid groups (broad SMARTS) is 1. The van der Waals surface area contributed by atoms with Gasteiger partial charge in [-0.3, -0.25) is 19.4 Å². The first-order valence-corrected chi connectivity index (χ1v) is 13.0. The van der Waals surface area contributed by atoms with Crippen LogP contribution < -0.4 is 27.8 Å². The summed E-state index contributed by atoms with van der Waals surface area (Å²) in [7, 11) is 0. The van der Waals surface area contributed by atoms with Gasteiger partial charge in [0.1, 0.15) is 18.1 Å². The molecule has 1 aromatic rings. The lowest BCUT2D eigenvalue weighted by atomic mass is 9.98. The molecule has 12 heteroatoms. The van der Waals surface area contributed by atoms with Gasteiger partial charge < -0.3 is 37.8 Å². The number of likely N-dealkylation sites (tertiary alicyclic amines) is 1. The second-order valence-corrected chi connectivity index (χ2v) is 9.70. The van der Waals surface area contributed by atoms with Gasteiger partial charge in [-0.05, 0) is 37.2 Å². The van der Waals surface area contributed by atoms with E-state index >= 15 is 0 Å². The maximum Gasteiger partial charge on any atom is 0.326 e. The van der Waals surface area contributed by atoms with Gasteiger partial charge in [-0.25, -0.2) is 4.79 Å². The molecule has 0 aromatic heterocycles. The summed E-state index contributed by atoms with van der Waals surface area (Å²) in [5.41, 5.74) is 17.5. The fourth-order valence-electron chi connectivity index (χ4n) is 4.35. The Morgan fingerprint density at radius 3 is 2.42 bits per heavy atom. The number of guanidine groups is 1. The minimum Gasteiger partial charge on any atom is -0.480 e. The van der Waals surface area contributed by atoms with Crippen molar-refractivity contribution in [3.63, 3.8) is 0 Å². The van der Waals surface area contributed by atoms with Crippen molar-refractivity contribution < 1.29 is 24.3 Å². The van der Waals surface area contributed by atoms with E-state index in [-0.39, 0.29) is 37.2 Å². The zero-order valence-corrected chi connectivity index (χ0v) is 22.1. The number of rotatable bonds is 14. The lowest BCUT2D eigenvalue weighted by molar-refractivity contribution is -0.143. The van der Waals surface area contributed by atoms with Gasteiger partial charge >= 0.3 is 5.97 Å². The first kappa shape index (κ1) is 30.6. The molecule has 1 saturated heterocycles. The first-order chi connectivity index (χ1) is 18.0. The molecule has 12 nitrogen and oxygen atoms in total. The lowest BCUT2D eigenvalue weighted by Crippen LogP contribution is -2.57. The first-order valence-electron chi connectivity index (χ1n) is 13.0. The number of nitrogens with two attached hydrogens (primary N) is 3. The Labute approximate surface area is 223 Å². The highest BCUT2D eigenvalue weighted by molar-refractivity contribution is 5.94. The number of carbonyl (C=O) groups excluding carboxylic acids is 3. The fourth-order valence-corrected chi connectivity index (χ4v) is 4.35. The fraction of sp³-hybridized carbons (Fsp3) is 0.577. The molecule has 5 atom stereocenters. The Hall–Kier alpha value is -3.67. The highest BCUT2D eigenvalue weighted by Gasteiger charge is 2.38. The van der Waals surface area contributed by atoms with Crippen LogP contribution >= 0.6 is 0 Å². The summed E-state index contributed by atoms with van der Waals surface area (Å²) in [5.74, 6) is -2.74. The maximum atomic E-state index is 13.3. The van der Waals surface area contributed by atoms with Crippen LogP contribution in [0.25, 0.3) is 0 Å². The molecular weight excluding hydrogens is 490 g/mol. The standard InChI is InChI=1S/C26H41N7O5/c1-3-16(2)21(27)24(36)33-14-8-12-20(33)23(35)32-19(15-17-9-5-4-6-10-17)22(34)31-18(25(37)38)11-7-13-30-26(28)29/h4-6,9-10,16,18-21H,3,7-8,11-15,27H2,1-2H3,(H,31,34)(H,32,35)(H,37,38)(H4,28,29,30). The molecule has 1 heterocycles. The number of carbonyl (C=O) groups is 4. The third kappa shape index (κ3) is 9.02. The van der Waals surface area contributed by atoms with Gasteiger partial charge in [-0.2, -0.15) is 0 Å². The second-order valence-electron chi connectivity index (χ2n) is 9.70. The Bertz CT molecular complexity index is 983. The van der Waals surface area contributed by atoms with E-state index in [2.05, 4.69) is 15.6 Å². The SMILES string of the molecule is CCC(C)C(N)C(=O)N1CCCC1C(=O)NC(Cc1ccccc1)C(=O)NC(CCCN=C(N)N)C(=O)O. The number of nitrogens with zero attached hydrogens (tertiary/aromatic N) is 2. The summed E-state index contributed by atoms with van der Waals surface area (Å²) in [4.78, 5) is 56.7. The Kier molecular flexibility index (Phi) is 12.0. The summed E-state index contributed by atoms with van der Waals surface area (Å²) in [5, 5.41) is 14.9. The summed E-state index contributed by atoms with van der Waals surface area (Å²) >= 11 is 0. The van der Waals surface area contributed by atoms with Crippen molar-refractivity contribution in [1.82, 2.24) is 15.5 Å². The van der Waals surface area contributed by atoms with Gasteiger partial charge in [-0.15, -0.1) is 0 Å². The smallest absolute Gasteiger partial charge is 0.326 e. The Morgan fingerprint density at radius 1 is 1.13 bits per heavy atom. The molecular formula is C26H41N7O5. The van der Waals surface area contributed by atoms with Crippen molar-refractivity contribution in [3.05, 3.63) is 35.9 Å². The number of nitrogens with one attached hydrogen (secondary N) is 2. The zero-order valence-electron chi connectivity index (χ0n) is 22.1.